The third-order valence-corrected chi connectivity index (χ3v) is 7.27. The van der Waals surface area contributed by atoms with Crippen LogP contribution in [0.4, 0.5) is 0 Å². The van der Waals surface area contributed by atoms with E-state index in [4.69, 9.17) is 9.15 Å². The van der Waals surface area contributed by atoms with Crippen molar-refractivity contribution in [2.24, 2.45) is 22.7 Å². The Bertz CT molecular complexity index is 644. The van der Waals surface area contributed by atoms with Gasteiger partial charge in [0.2, 0.25) is 0 Å². The third-order valence-electron chi connectivity index (χ3n) is 7.27. The molecule has 1 saturated carbocycles. The summed E-state index contributed by atoms with van der Waals surface area (Å²) in [7, 11) is 0. The molecule has 0 spiro atoms. The Balaban J connectivity index is 1.68. The van der Waals surface area contributed by atoms with Gasteiger partial charge < -0.3 is 9.15 Å². The van der Waals surface area contributed by atoms with E-state index >= 15 is 0 Å². The fourth-order valence-corrected chi connectivity index (χ4v) is 5.63. The fraction of sp³-hybridized carbons (Fsp3) is 0.650. The van der Waals surface area contributed by atoms with Gasteiger partial charge in [0.15, 0.2) is 0 Å². The van der Waals surface area contributed by atoms with Crippen molar-refractivity contribution in [1.29, 1.82) is 0 Å². The molecule has 0 unspecified atom stereocenters. The van der Waals surface area contributed by atoms with E-state index in [9.17, 15) is 4.79 Å². The number of allylic oxidation sites excluding steroid dienone is 1. The summed E-state index contributed by atoms with van der Waals surface area (Å²) < 4.78 is 11.0. The number of carbonyl (C=O) groups is 1. The summed E-state index contributed by atoms with van der Waals surface area (Å²) in [5, 5.41) is 0. The molecule has 0 aromatic carbocycles. The Kier molecular flexibility index (Phi) is 3.26. The summed E-state index contributed by atoms with van der Waals surface area (Å²) in [6.07, 6.45) is 11.2. The maximum atomic E-state index is 12.3. The summed E-state index contributed by atoms with van der Waals surface area (Å²) in [4.78, 5) is 12.3. The molecule has 2 aliphatic carbocycles. The average Bonchev–Trinajstić information content (AvgIpc) is 3.11. The fourth-order valence-electron chi connectivity index (χ4n) is 5.63. The van der Waals surface area contributed by atoms with Crippen LogP contribution in [0.2, 0.25) is 0 Å². The maximum Gasteiger partial charge on any atom is 0.334 e. The van der Waals surface area contributed by atoms with Gasteiger partial charge in [-0.1, -0.05) is 26.8 Å². The Labute approximate surface area is 138 Å². The molecule has 2 heterocycles. The molecule has 1 aliphatic heterocycles. The molecule has 1 saturated heterocycles. The molecule has 3 aliphatic rings. The van der Waals surface area contributed by atoms with Crippen molar-refractivity contribution in [3.05, 3.63) is 35.8 Å². The lowest BCUT2D eigenvalue weighted by atomic mass is 9.46. The van der Waals surface area contributed by atoms with Gasteiger partial charge in [-0.25, -0.2) is 4.79 Å². The minimum absolute atomic E-state index is 0.0616. The predicted octanol–water partition coefficient (Wildman–Crippen LogP) is 4.53. The highest BCUT2D eigenvalue weighted by atomic mass is 16.6. The van der Waals surface area contributed by atoms with Crippen LogP contribution in [0.3, 0.4) is 0 Å². The van der Waals surface area contributed by atoms with E-state index in [1.54, 1.807) is 6.26 Å². The minimum Gasteiger partial charge on any atom is -0.472 e. The first-order valence-corrected chi connectivity index (χ1v) is 8.89. The monoisotopic (exact) mass is 314 g/mol. The van der Waals surface area contributed by atoms with Gasteiger partial charge in [-0.05, 0) is 61.0 Å². The van der Waals surface area contributed by atoms with Crippen LogP contribution in [0.1, 0.15) is 52.0 Å². The van der Waals surface area contributed by atoms with E-state index in [1.807, 2.05) is 6.26 Å². The second kappa shape index (κ2) is 4.99. The van der Waals surface area contributed by atoms with E-state index < -0.39 is 0 Å². The van der Waals surface area contributed by atoms with Gasteiger partial charge in [-0.15, -0.1) is 0 Å². The van der Waals surface area contributed by atoms with Gasteiger partial charge in [0.1, 0.15) is 6.10 Å². The first kappa shape index (κ1) is 15.0. The van der Waals surface area contributed by atoms with Crippen LogP contribution in [0, 0.1) is 22.7 Å². The lowest BCUT2D eigenvalue weighted by Crippen LogP contribution is -2.54. The molecular formula is C20H26O3. The number of rotatable bonds is 3. The van der Waals surface area contributed by atoms with Crippen molar-refractivity contribution < 1.29 is 13.9 Å². The van der Waals surface area contributed by atoms with Crippen molar-refractivity contribution in [3.8, 4) is 0 Å². The molecule has 1 aromatic heterocycles. The van der Waals surface area contributed by atoms with Crippen LogP contribution >= 0.6 is 0 Å². The Morgan fingerprint density at radius 2 is 2.17 bits per heavy atom. The lowest BCUT2D eigenvalue weighted by molar-refractivity contribution is -0.148. The molecule has 3 heteroatoms. The Morgan fingerprint density at radius 1 is 1.35 bits per heavy atom. The highest BCUT2D eigenvalue weighted by molar-refractivity contribution is 5.93. The normalized spacial score (nSPS) is 42.1. The topological polar surface area (TPSA) is 39.4 Å². The first-order valence-electron chi connectivity index (χ1n) is 8.89. The number of hydrogen-bond acceptors (Lipinski definition) is 3. The van der Waals surface area contributed by atoms with E-state index in [0.29, 0.717) is 11.8 Å². The van der Waals surface area contributed by atoms with Crippen LogP contribution in [0.25, 0.3) is 0 Å². The van der Waals surface area contributed by atoms with Gasteiger partial charge in [0, 0.05) is 11.0 Å². The third kappa shape index (κ3) is 1.98. The lowest BCUT2D eigenvalue weighted by Gasteiger charge is -2.57. The SMILES string of the molecule is C[C@@H]1C[C@@H]2OC(=O)C3=CCC[C@H]([C@@]1(C)CCc1ccoc1)[C@@]32C. The molecule has 23 heavy (non-hydrogen) atoms. The van der Waals surface area contributed by atoms with Crippen molar-refractivity contribution in [3.63, 3.8) is 0 Å². The summed E-state index contributed by atoms with van der Waals surface area (Å²) in [6, 6.07) is 2.07. The van der Waals surface area contributed by atoms with E-state index in [2.05, 4.69) is 32.9 Å². The highest BCUT2D eigenvalue weighted by Crippen LogP contribution is 2.64. The van der Waals surface area contributed by atoms with Gasteiger partial charge in [-0.2, -0.15) is 0 Å². The number of carbonyl (C=O) groups excluding carboxylic acids is 1. The Hall–Kier alpha value is -1.51. The van der Waals surface area contributed by atoms with Crippen LogP contribution in [0.15, 0.2) is 34.7 Å². The van der Waals surface area contributed by atoms with Gasteiger partial charge in [0.25, 0.3) is 0 Å². The average molecular weight is 314 g/mol. The molecule has 4 rings (SSSR count). The van der Waals surface area contributed by atoms with Gasteiger partial charge in [-0.3, -0.25) is 0 Å². The zero-order valence-corrected chi connectivity index (χ0v) is 14.3. The molecule has 0 bridgehead atoms. The number of aryl methyl sites for hydroxylation is 1. The number of ether oxygens (including phenoxy) is 1. The summed E-state index contributed by atoms with van der Waals surface area (Å²) in [6.45, 7) is 7.06. The molecular weight excluding hydrogens is 288 g/mol. The molecule has 5 atom stereocenters. The Morgan fingerprint density at radius 3 is 2.91 bits per heavy atom. The standard InChI is InChI=1S/C20H26O3/c1-13-11-17-20(3)15(18(21)23-17)5-4-6-16(20)19(13,2)9-7-14-8-10-22-12-14/h5,8,10,12-13,16-17H,4,6-7,9,11H2,1-3H3/t13-,16-,17+,19+,20-/m1/s1. The first-order chi connectivity index (χ1) is 11.0. The number of esters is 1. The second-order valence-electron chi connectivity index (χ2n) is 8.20. The molecule has 0 amide bonds. The second-order valence-corrected chi connectivity index (χ2v) is 8.20. The molecule has 124 valence electrons. The van der Waals surface area contributed by atoms with Crippen molar-refractivity contribution in [2.75, 3.05) is 0 Å². The van der Waals surface area contributed by atoms with Crippen molar-refractivity contribution in [1.82, 2.24) is 0 Å². The highest BCUT2D eigenvalue weighted by Gasteiger charge is 2.64. The predicted molar refractivity (Wildman–Crippen MR) is 87.7 cm³/mol. The van der Waals surface area contributed by atoms with Crippen molar-refractivity contribution in [2.45, 2.75) is 59.0 Å². The van der Waals surface area contributed by atoms with Crippen LogP contribution in [0.5, 0.6) is 0 Å². The van der Waals surface area contributed by atoms with E-state index in [-0.39, 0.29) is 22.9 Å². The number of hydrogen-bond donors (Lipinski definition) is 0. The largest absolute Gasteiger partial charge is 0.472 e. The van der Waals surface area contributed by atoms with Crippen molar-refractivity contribution >= 4 is 5.97 Å². The minimum atomic E-state index is -0.0903. The molecule has 0 radical (unpaired) electrons. The zero-order chi connectivity index (χ0) is 16.2. The maximum absolute atomic E-state index is 12.3. The van der Waals surface area contributed by atoms with Gasteiger partial charge in [0.05, 0.1) is 12.5 Å². The summed E-state index contributed by atoms with van der Waals surface area (Å²) in [5.41, 5.74) is 2.37. The smallest absolute Gasteiger partial charge is 0.334 e. The summed E-state index contributed by atoms with van der Waals surface area (Å²) >= 11 is 0. The van der Waals surface area contributed by atoms with E-state index in [0.717, 1.165) is 31.3 Å². The summed E-state index contributed by atoms with van der Waals surface area (Å²) in [5.74, 6) is 1.01. The van der Waals surface area contributed by atoms with Crippen LogP contribution in [-0.4, -0.2) is 12.1 Å². The molecule has 3 nitrogen and oxygen atoms in total. The molecule has 1 aromatic rings. The van der Waals surface area contributed by atoms with Crippen LogP contribution in [-0.2, 0) is 16.0 Å². The molecule has 2 fully saturated rings. The van der Waals surface area contributed by atoms with E-state index in [1.165, 1.54) is 12.0 Å². The number of furan rings is 1. The van der Waals surface area contributed by atoms with Gasteiger partial charge >= 0.3 is 5.97 Å². The zero-order valence-electron chi connectivity index (χ0n) is 14.3. The van der Waals surface area contributed by atoms with Crippen LogP contribution < -0.4 is 0 Å². The quantitative estimate of drug-likeness (QED) is 0.770. The molecule has 0 N–H and O–H groups in total.